The highest BCUT2D eigenvalue weighted by Crippen LogP contribution is 2.00. The third kappa shape index (κ3) is 4.06. The van der Waals surface area contributed by atoms with Gasteiger partial charge >= 0.3 is 5.97 Å². The molecule has 0 saturated carbocycles. The molecular weight excluding hydrogens is 224 g/mol. The summed E-state index contributed by atoms with van der Waals surface area (Å²) < 4.78 is 0. The number of hydrogen-bond acceptors (Lipinski definition) is 5. The summed E-state index contributed by atoms with van der Waals surface area (Å²) in [4.78, 5) is 31.5. The molecule has 92 valence electrons. The summed E-state index contributed by atoms with van der Waals surface area (Å²) in [5, 5.41) is 11.0. The molecule has 7 nitrogen and oxygen atoms in total. The quantitative estimate of drug-likeness (QED) is 0.718. The molecule has 17 heavy (non-hydrogen) atoms. The number of carboxylic acid groups (broad SMARTS) is 1. The monoisotopic (exact) mass is 238 g/mol. The minimum absolute atomic E-state index is 0.00162. The summed E-state index contributed by atoms with van der Waals surface area (Å²) >= 11 is 0. The van der Waals surface area contributed by atoms with Crippen LogP contribution in [0.2, 0.25) is 0 Å². The topological polar surface area (TPSA) is 95.4 Å². The zero-order chi connectivity index (χ0) is 12.8. The van der Waals surface area contributed by atoms with Crippen LogP contribution < -0.4 is 10.2 Å². The second-order valence-corrected chi connectivity index (χ2v) is 3.53. The molecule has 0 spiro atoms. The first-order valence-corrected chi connectivity index (χ1v) is 5.01. The van der Waals surface area contributed by atoms with E-state index < -0.39 is 17.9 Å². The number of rotatable bonds is 5. The van der Waals surface area contributed by atoms with Crippen molar-refractivity contribution in [3.63, 3.8) is 0 Å². The van der Waals surface area contributed by atoms with Crippen LogP contribution in [-0.2, 0) is 9.59 Å². The van der Waals surface area contributed by atoms with Gasteiger partial charge in [0.1, 0.15) is 6.04 Å². The molecule has 0 fully saturated rings. The van der Waals surface area contributed by atoms with Crippen molar-refractivity contribution < 1.29 is 14.7 Å². The molecule has 1 atom stereocenters. The normalized spacial score (nSPS) is 11.6. The minimum atomic E-state index is -1.07. The average molecular weight is 238 g/mol. The van der Waals surface area contributed by atoms with Gasteiger partial charge in [0.15, 0.2) is 0 Å². The molecule has 7 heteroatoms. The van der Waals surface area contributed by atoms with E-state index in [0.717, 1.165) is 0 Å². The summed E-state index contributed by atoms with van der Waals surface area (Å²) in [5.74, 6) is -1.06. The van der Waals surface area contributed by atoms with Gasteiger partial charge in [-0.3, -0.25) is 9.59 Å². The Morgan fingerprint density at radius 1 is 1.47 bits per heavy atom. The summed E-state index contributed by atoms with van der Waals surface area (Å²) in [7, 11) is 1.65. The Balaban J connectivity index is 2.49. The maximum atomic E-state index is 11.5. The maximum Gasteiger partial charge on any atom is 0.325 e. The van der Waals surface area contributed by atoms with Crippen molar-refractivity contribution in [1.82, 2.24) is 15.3 Å². The first-order valence-electron chi connectivity index (χ1n) is 5.01. The fourth-order valence-electron chi connectivity index (χ4n) is 1.12. The van der Waals surface area contributed by atoms with Crippen molar-refractivity contribution in [1.29, 1.82) is 0 Å². The molecule has 0 aliphatic carbocycles. The fraction of sp³-hybridized carbons (Fsp3) is 0.400. The first-order chi connectivity index (χ1) is 8.00. The van der Waals surface area contributed by atoms with Crippen LogP contribution in [0, 0.1) is 0 Å². The first kappa shape index (κ1) is 12.9. The van der Waals surface area contributed by atoms with E-state index in [1.165, 1.54) is 11.8 Å². The lowest BCUT2D eigenvalue weighted by Crippen LogP contribution is -2.43. The van der Waals surface area contributed by atoms with Gasteiger partial charge in [-0.05, 0) is 13.0 Å². The smallest absolute Gasteiger partial charge is 0.325 e. The fourth-order valence-corrected chi connectivity index (χ4v) is 1.12. The average Bonchev–Trinajstić information content (AvgIpc) is 2.29. The van der Waals surface area contributed by atoms with E-state index >= 15 is 0 Å². The largest absolute Gasteiger partial charge is 0.480 e. The van der Waals surface area contributed by atoms with Gasteiger partial charge in [0.2, 0.25) is 11.9 Å². The minimum Gasteiger partial charge on any atom is -0.480 e. The van der Waals surface area contributed by atoms with Gasteiger partial charge in [0.25, 0.3) is 0 Å². The van der Waals surface area contributed by atoms with Crippen LogP contribution in [0.3, 0.4) is 0 Å². The number of nitrogens with one attached hydrogen (secondary N) is 1. The van der Waals surface area contributed by atoms with Crippen LogP contribution in [0.25, 0.3) is 0 Å². The predicted molar refractivity (Wildman–Crippen MR) is 60.5 cm³/mol. The van der Waals surface area contributed by atoms with E-state index in [1.807, 2.05) is 0 Å². The van der Waals surface area contributed by atoms with Gasteiger partial charge in [-0.25, -0.2) is 9.97 Å². The Hall–Kier alpha value is -2.18. The Morgan fingerprint density at radius 3 is 2.59 bits per heavy atom. The lowest BCUT2D eigenvalue weighted by Gasteiger charge is -2.17. The number of nitrogens with zero attached hydrogens (tertiary/aromatic N) is 3. The standard InChI is InChI=1S/C10H14N4O3/c1-7(9(16)17)13-8(15)6-14(2)10-11-4-3-5-12-10/h3-5,7H,6H2,1-2H3,(H,13,15)(H,16,17)/t7-/m0/s1. The molecule has 0 bridgehead atoms. The van der Waals surface area contributed by atoms with Gasteiger partial charge in [0, 0.05) is 19.4 Å². The lowest BCUT2D eigenvalue weighted by molar-refractivity contribution is -0.141. The lowest BCUT2D eigenvalue weighted by atomic mass is 10.3. The van der Waals surface area contributed by atoms with E-state index in [-0.39, 0.29) is 6.54 Å². The zero-order valence-corrected chi connectivity index (χ0v) is 9.62. The predicted octanol–water partition coefficient (Wildman–Crippen LogP) is -0.498. The third-order valence-electron chi connectivity index (χ3n) is 2.02. The molecule has 0 aromatic carbocycles. The van der Waals surface area contributed by atoms with Crippen molar-refractivity contribution in [2.24, 2.45) is 0 Å². The molecule has 0 radical (unpaired) electrons. The van der Waals surface area contributed by atoms with Crippen LogP contribution in [0.4, 0.5) is 5.95 Å². The van der Waals surface area contributed by atoms with Gasteiger partial charge in [0.05, 0.1) is 6.54 Å². The van der Waals surface area contributed by atoms with Crippen LogP contribution in [0.15, 0.2) is 18.5 Å². The zero-order valence-electron chi connectivity index (χ0n) is 9.62. The van der Waals surface area contributed by atoms with Crippen LogP contribution in [0.5, 0.6) is 0 Å². The Morgan fingerprint density at radius 2 is 2.06 bits per heavy atom. The molecule has 0 aliphatic heterocycles. The van der Waals surface area contributed by atoms with Crippen molar-refractivity contribution in [2.45, 2.75) is 13.0 Å². The molecule has 1 aromatic rings. The number of carbonyl (C=O) groups is 2. The van der Waals surface area contributed by atoms with Gasteiger partial charge < -0.3 is 15.3 Å². The Bertz CT molecular complexity index is 396. The SMILES string of the molecule is C[C@H](NC(=O)CN(C)c1ncccn1)C(=O)O. The maximum absolute atomic E-state index is 11.5. The number of likely N-dealkylation sites (N-methyl/N-ethyl adjacent to an activating group) is 1. The number of aliphatic carboxylic acids is 1. The Kier molecular flexibility index (Phi) is 4.38. The molecule has 1 rings (SSSR count). The van der Waals surface area contributed by atoms with E-state index in [2.05, 4.69) is 15.3 Å². The molecule has 0 saturated heterocycles. The number of amides is 1. The van der Waals surface area contributed by atoms with E-state index in [1.54, 1.807) is 25.5 Å². The van der Waals surface area contributed by atoms with Crippen molar-refractivity contribution in [3.8, 4) is 0 Å². The molecule has 1 heterocycles. The highest BCUT2D eigenvalue weighted by Gasteiger charge is 2.15. The molecule has 1 aromatic heterocycles. The van der Waals surface area contributed by atoms with Gasteiger partial charge in [-0.2, -0.15) is 0 Å². The van der Waals surface area contributed by atoms with E-state index in [0.29, 0.717) is 5.95 Å². The van der Waals surface area contributed by atoms with Crippen molar-refractivity contribution >= 4 is 17.8 Å². The summed E-state index contributed by atoms with van der Waals surface area (Å²) in [6.07, 6.45) is 3.13. The van der Waals surface area contributed by atoms with Crippen LogP contribution in [0.1, 0.15) is 6.92 Å². The highest BCUT2D eigenvalue weighted by molar-refractivity contribution is 5.85. The summed E-state index contributed by atoms with van der Waals surface area (Å²) in [5.41, 5.74) is 0. The summed E-state index contributed by atoms with van der Waals surface area (Å²) in [6.45, 7) is 1.40. The van der Waals surface area contributed by atoms with E-state index in [4.69, 9.17) is 5.11 Å². The van der Waals surface area contributed by atoms with Crippen LogP contribution >= 0.6 is 0 Å². The van der Waals surface area contributed by atoms with Crippen molar-refractivity contribution in [2.75, 3.05) is 18.5 Å². The third-order valence-corrected chi connectivity index (χ3v) is 2.02. The van der Waals surface area contributed by atoms with E-state index in [9.17, 15) is 9.59 Å². The number of carbonyl (C=O) groups excluding carboxylic acids is 1. The molecular formula is C10H14N4O3. The second-order valence-electron chi connectivity index (χ2n) is 3.53. The molecule has 1 amide bonds. The molecule has 0 unspecified atom stereocenters. The van der Waals surface area contributed by atoms with Gasteiger partial charge in [-0.1, -0.05) is 0 Å². The highest BCUT2D eigenvalue weighted by atomic mass is 16.4. The number of anilines is 1. The number of hydrogen-bond donors (Lipinski definition) is 2. The molecule has 0 aliphatic rings. The van der Waals surface area contributed by atoms with Crippen molar-refractivity contribution in [3.05, 3.63) is 18.5 Å². The van der Waals surface area contributed by atoms with Gasteiger partial charge in [-0.15, -0.1) is 0 Å². The second kappa shape index (κ2) is 5.78. The molecule has 2 N–H and O–H groups in total. The Labute approximate surface area is 98.5 Å². The summed E-state index contributed by atoms with van der Waals surface area (Å²) in [6, 6.07) is 0.761. The van der Waals surface area contributed by atoms with Crippen LogP contribution in [-0.4, -0.2) is 46.6 Å². The number of carboxylic acids is 1. The number of aromatic nitrogens is 2.